The molecule has 0 saturated carbocycles. The lowest BCUT2D eigenvalue weighted by atomic mass is 10.3. The number of nitrogens with one attached hydrogen (secondary N) is 1. The molecule has 1 aromatic carbocycles. The monoisotopic (exact) mass is 211 g/mol. The molecule has 0 aromatic heterocycles. The van der Waals surface area contributed by atoms with Crippen LogP contribution < -0.4 is 10.1 Å². The number of ether oxygens (including phenoxy) is 2. The number of aliphatic hydroxyl groups is 1. The molecule has 15 heavy (non-hydrogen) atoms. The number of anilines is 1. The van der Waals surface area contributed by atoms with Crippen LogP contribution in [0.2, 0.25) is 0 Å². The molecule has 0 amide bonds. The van der Waals surface area contributed by atoms with E-state index in [0.717, 1.165) is 11.4 Å². The van der Waals surface area contributed by atoms with Crippen LogP contribution in [-0.2, 0) is 4.74 Å². The van der Waals surface area contributed by atoms with Gasteiger partial charge in [0, 0.05) is 12.7 Å². The molecular weight excluding hydrogens is 194 g/mol. The number of hydrogen-bond acceptors (Lipinski definition) is 4. The largest absolute Gasteiger partial charge is 0.491 e. The van der Waals surface area contributed by atoms with Gasteiger partial charge in [-0.1, -0.05) is 0 Å². The van der Waals surface area contributed by atoms with Crippen LogP contribution in [0.5, 0.6) is 5.75 Å². The molecular formula is C11H17NO3. The SMILES string of the molecule is CNc1ccc(OCCOCCO)cc1. The van der Waals surface area contributed by atoms with Gasteiger partial charge in [-0.3, -0.25) is 0 Å². The predicted molar refractivity (Wildman–Crippen MR) is 59.4 cm³/mol. The summed E-state index contributed by atoms with van der Waals surface area (Å²) >= 11 is 0. The third kappa shape index (κ3) is 4.67. The van der Waals surface area contributed by atoms with Crippen molar-refractivity contribution in [2.75, 3.05) is 38.8 Å². The Hall–Kier alpha value is -1.26. The topological polar surface area (TPSA) is 50.7 Å². The molecule has 0 saturated heterocycles. The quantitative estimate of drug-likeness (QED) is 0.663. The normalized spacial score (nSPS) is 10.0. The lowest BCUT2D eigenvalue weighted by Crippen LogP contribution is -2.09. The molecule has 0 unspecified atom stereocenters. The molecule has 0 bridgehead atoms. The maximum absolute atomic E-state index is 8.47. The standard InChI is InChI=1S/C11H17NO3/c1-12-10-2-4-11(5-3-10)15-9-8-14-7-6-13/h2-5,12-13H,6-9H2,1H3. The van der Waals surface area contributed by atoms with Crippen molar-refractivity contribution in [1.82, 2.24) is 0 Å². The van der Waals surface area contributed by atoms with Crippen molar-refractivity contribution in [3.63, 3.8) is 0 Å². The molecule has 0 radical (unpaired) electrons. The van der Waals surface area contributed by atoms with E-state index in [2.05, 4.69) is 5.32 Å². The van der Waals surface area contributed by atoms with Gasteiger partial charge in [0.1, 0.15) is 12.4 Å². The Balaban J connectivity index is 2.20. The third-order valence-electron chi connectivity index (χ3n) is 1.88. The highest BCUT2D eigenvalue weighted by Crippen LogP contribution is 2.14. The molecule has 4 heteroatoms. The van der Waals surface area contributed by atoms with Crippen LogP contribution in [0.4, 0.5) is 5.69 Å². The maximum atomic E-state index is 8.47. The van der Waals surface area contributed by atoms with Crippen LogP contribution in [0.3, 0.4) is 0 Å². The van der Waals surface area contributed by atoms with E-state index in [4.69, 9.17) is 14.6 Å². The Kier molecular flexibility index (Phi) is 5.58. The molecule has 1 rings (SSSR count). The minimum absolute atomic E-state index is 0.0524. The summed E-state index contributed by atoms with van der Waals surface area (Å²) in [6.45, 7) is 1.41. The molecule has 0 atom stereocenters. The van der Waals surface area contributed by atoms with Gasteiger partial charge in [-0.2, -0.15) is 0 Å². The summed E-state index contributed by atoms with van der Waals surface area (Å²) in [5, 5.41) is 11.5. The molecule has 0 aliphatic heterocycles. The van der Waals surface area contributed by atoms with E-state index < -0.39 is 0 Å². The zero-order chi connectivity index (χ0) is 10.9. The summed E-state index contributed by atoms with van der Waals surface area (Å²) in [5.74, 6) is 0.821. The van der Waals surface area contributed by atoms with Gasteiger partial charge in [0.15, 0.2) is 0 Å². The lowest BCUT2D eigenvalue weighted by molar-refractivity contribution is 0.0705. The number of rotatable bonds is 7. The van der Waals surface area contributed by atoms with E-state index in [1.54, 1.807) is 0 Å². The molecule has 1 aromatic rings. The van der Waals surface area contributed by atoms with Crippen molar-refractivity contribution in [3.8, 4) is 5.75 Å². The Morgan fingerprint density at radius 2 is 1.87 bits per heavy atom. The van der Waals surface area contributed by atoms with Gasteiger partial charge >= 0.3 is 0 Å². The van der Waals surface area contributed by atoms with Crippen molar-refractivity contribution in [3.05, 3.63) is 24.3 Å². The van der Waals surface area contributed by atoms with Crippen LogP contribution in [0.25, 0.3) is 0 Å². The first kappa shape index (κ1) is 11.8. The van der Waals surface area contributed by atoms with Crippen LogP contribution in [-0.4, -0.2) is 38.6 Å². The molecule has 0 fully saturated rings. The molecule has 0 spiro atoms. The molecule has 4 nitrogen and oxygen atoms in total. The van der Waals surface area contributed by atoms with Crippen LogP contribution in [0.15, 0.2) is 24.3 Å². The first-order valence-corrected chi connectivity index (χ1v) is 4.96. The van der Waals surface area contributed by atoms with Gasteiger partial charge in [0.2, 0.25) is 0 Å². The highest BCUT2D eigenvalue weighted by Gasteiger charge is 1.93. The first-order valence-electron chi connectivity index (χ1n) is 4.96. The van der Waals surface area contributed by atoms with Gasteiger partial charge in [0.25, 0.3) is 0 Å². The van der Waals surface area contributed by atoms with E-state index in [-0.39, 0.29) is 6.61 Å². The highest BCUT2D eigenvalue weighted by atomic mass is 16.5. The fourth-order valence-corrected chi connectivity index (χ4v) is 1.10. The Labute approximate surface area is 89.8 Å². The second-order valence-electron chi connectivity index (χ2n) is 2.96. The Morgan fingerprint density at radius 1 is 1.13 bits per heavy atom. The van der Waals surface area contributed by atoms with Gasteiger partial charge in [-0.15, -0.1) is 0 Å². The van der Waals surface area contributed by atoms with Gasteiger partial charge in [0.05, 0.1) is 19.8 Å². The van der Waals surface area contributed by atoms with Crippen molar-refractivity contribution < 1.29 is 14.6 Å². The van der Waals surface area contributed by atoms with Gasteiger partial charge < -0.3 is 19.9 Å². The second-order valence-corrected chi connectivity index (χ2v) is 2.96. The molecule has 84 valence electrons. The zero-order valence-corrected chi connectivity index (χ0v) is 8.90. The summed E-state index contributed by atoms with van der Waals surface area (Å²) in [4.78, 5) is 0. The van der Waals surface area contributed by atoms with Crippen LogP contribution in [0.1, 0.15) is 0 Å². The first-order chi connectivity index (χ1) is 7.36. The Morgan fingerprint density at radius 3 is 2.47 bits per heavy atom. The van der Waals surface area contributed by atoms with Crippen molar-refractivity contribution in [2.24, 2.45) is 0 Å². The fraction of sp³-hybridized carbons (Fsp3) is 0.455. The summed E-state index contributed by atoms with van der Waals surface area (Å²) in [5.41, 5.74) is 1.05. The van der Waals surface area contributed by atoms with E-state index in [1.807, 2.05) is 31.3 Å². The van der Waals surface area contributed by atoms with Crippen molar-refractivity contribution in [1.29, 1.82) is 0 Å². The van der Waals surface area contributed by atoms with Crippen LogP contribution in [0, 0.1) is 0 Å². The fourth-order valence-electron chi connectivity index (χ4n) is 1.10. The van der Waals surface area contributed by atoms with Gasteiger partial charge in [-0.05, 0) is 24.3 Å². The number of benzene rings is 1. The maximum Gasteiger partial charge on any atom is 0.119 e. The van der Waals surface area contributed by atoms with E-state index >= 15 is 0 Å². The summed E-state index contributed by atoms with van der Waals surface area (Å²) < 4.78 is 10.5. The van der Waals surface area contributed by atoms with E-state index in [0.29, 0.717) is 19.8 Å². The van der Waals surface area contributed by atoms with Crippen molar-refractivity contribution >= 4 is 5.69 Å². The smallest absolute Gasteiger partial charge is 0.119 e. The van der Waals surface area contributed by atoms with Crippen molar-refractivity contribution in [2.45, 2.75) is 0 Å². The van der Waals surface area contributed by atoms with Crippen LogP contribution >= 0.6 is 0 Å². The zero-order valence-electron chi connectivity index (χ0n) is 8.90. The second kappa shape index (κ2) is 7.09. The molecule has 0 aliphatic carbocycles. The molecule has 2 N–H and O–H groups in total. The predicted octanol–water partition coefficient (Wildman–Crippen LogP) is 1.12. The Bertz CT molecular complexity index is 261. The summed E-state index contributed by atoms with van der Waals surface area (Å²) in [6, 6.07) is 7.70. The third-order valence-corrected chi connectivity index (χ3v) is 1.88. The minimum atomic E-state index is 0.0524. The summed E-state index contributed by atoms with van der Waals surface area (Å²) in [7, 11) is 1.87. The average Bonchev–Trinajstić information content (AvgIpc) is 2.30. The average molecular weight is 211 g/mol. The minimum Gasteiger partial charge on any atom is -0.491 e. The lowest BCUT2D eigenvalue weighted by Gasteiger charge is -2.07. The van der Waals surface area contributed by atoms with E-state index in [1.165, 1.54) is 0 Å². The summed E-state index contributed by atoms with van der Waals surface area (Å²) in [6.07, 6.45) is 0. The number of hydrogen-bond donors (Lipinski definition) is 2. The molecule has 0 heterocycles. The van der Waals surface area contributed by atoms with E-state index in [9.17, 15) is 0 Å². The number of aliphatic hydroxyl groups excluding tert-OH is 1. The molecule has 0 aliphatic rings. The van der Waals surface area contributed by atoms with Gasteiger partial charge in [-0.25, -0.2) is 0 Å². The highest BCUT2D eigenvalue weighted by molar-refractivity contribution is 5.45.